The Labute approximate surface area is 64.9 Å². The lowest BCUT2D eigenvalue weighted by Crippen LogP contribution is -2.52. The largest absolute Gasteiger partial charge is 0.394 e. The first-order chi connectivity index (χ1) is 4.63. The number of hydrogen-bond acceptors (Lipinski definition) is 4. The van der Waals surface area contributed by atoms with Gasteiger partial charge >= 0.3 is 0 Å². The van der Waals surface area contributed by atoms with Gasteiger partial charge in [0.25, 0.3) is 0 Å². The van der Waals surface area contributed by atoms with E-state index in [2.05, 4.69) is 17.6 Å². The number of rotatable bonds is 2. The summed E-state index contributed by atoms with van der Waals surface area (Å²) in [6, 6.07) is -0.219. The molecule has 6 N–H and O–H groups in total. The first-order valence-corrected chi connectivity index (χ1v) is 3.19. The third kappa shape index (κ3) is 2.44. The quantitative estimate of drug-likeness (QED) is 0.221. The highest BCUT2D eigenvalue weighted by atomic mass is 32.1. The molecule has 0 aromatic rings. The molecule has 0 aromatic carbocycles. The van der Waals surface area contributed by atoms with Gasteiger partial charge in [-0.15, -0.1) is 0 Å². The Morgan fingerprint density at radius 1 is 1.90 bits per heavy atom. The number of hydrogen-bond donors (Lipinski definition) is 4. The zero-order chi connectivity index (χ0) is 8.15. The van der Waals surface area contributed by atoms with Crippen molar-refractivity contribution < 1.29 is 5.11 Å². The minimum atomic E-state index is -0.219. The number of nitrogens with zero attached hydrogens (tertiary/aromatic N) is 1. The van der Waals surface area contributed by atoms with E-state index in [9.17, 15) is 0 Å². The van der Waals surface area contributed by atoms with Crippen LogP contribution in [-0.4, -0.2) is 27.9 Å². The molecule has 5 nitrogen and oxygen atoms in total. The van der Waals surface area contributed by atoms with Crippen LogP contribution in [0.15, 0.2) is 0 Å². The summed E-state index contributed by atoms with van der Waals surface area (Å²) in [7, 11) is 0. The minimum Gasteiger partial charge on any atom is -0.394 e. The normalized spacial score (nSPS) is 12.4. The predicted octanol–water partition coefficient (Wildman–Crippen LogP) is -1.71. The average molecular weight is 164 g/mol. The van der Waals surface area contributed by atoms with Crippen LogP contribution in [0, 0.1) is 0 Å². The van der Waals surface area contributed by atoms with Gasteiger partial charge in [-0.3, -0.25) is 10.4 Å². The summed E-state index contributed by atoms with van der Waals surface area (Å²) in [6.45, 7) is 1.67. The molecule has 0 bridgehead atoms. The molecule has 0 radical (unpaired) electrons. The van der Waals surface area contributed by atoms with Gasteiger partial charge in [0.15, 0.2) is 5.11 Å². The van der Waals surface area contributed by atoms with Gasteiger partial charge in [0.05, 0.1) is 12.6 Å². The predicted molar refractivity (Wildman–Crippen MR) is 42.5 cm³/mol. The lowest BCUT2D eigenvalue weighted by molar-refractivity contribution is 0.192. The summed E-state index contributed by atoms with van der Waals surface area (Å²) < 4.78 is 0. The van der Waals surface area contributed by atoms with Gasteiger partial charge in [-0.2, -0.15) is 0 Å². The Hall–Kier alpha value is -0.430. The number of aliphatic hydroxyl groups excluding tert-OH is 1. The Kier molecular flexibility index (Phi) is 4.21. The molecule has 0 rings (SSSR count). The molecular formula is C4H12N4OS. The lowest BCUT2D eigenvalue weighted by atomic mass is 10.4. The van der Waals surface area contributed by atoms with E-state index < -0.39 is 0 Å². The summed E-state index contributed by atoms with van der Waals surface area (Å²) in [5.74, 6) is 10.3. The van der Waals surface area contributed by atoms with Crippen LogP contribution in [0.25, 0.3) is 0 Å². The molecule has 0 fully saturated rings. The molecule has 0 amide bonds. The Bertz CT molecular complexity index is 120. The van der Waals surface area contributed by atoms with E-state index in [-0.39, 0.29) is 17.8 Å². The van der Waals surface area contributed by atoms with Gasteiger partial charge in [-0.1, -0.05) is 0 Å². The van der Waals surface area contributed by atoms with Gasteiger partial charge in [0.2, 0.25) is 0 Å². The Morgan fingerprint density at radius 2 is 2.40 bits per heavy atom. The van der Waals surface area contributed by atoms with Crippen molar-refractivity contribution in [2.24, 2.45) is 11.7 Å². The van der Waals surface area contributed by atoms with E-state index in [0.29, 0.717) is 0 Å². The molecule has 0 saturated carbocycles. The third-order valence-corrected chi connectivity index (χ3v) is 1.43. The zero-order valence-corrected chi connectivity index (χ0v) is 6.56. The van der Waals surface area contributed by atoms with Gasteiger partial charge in [-0.25, -0.2) is 11.7 Å². The van der Waals surface area contributed by atoms with Crippen molar-refractivity contribution in [1.29, 1.82) is 0 Å². The third-order valence-electron chi connectivity index (χ3n) is 1.10. The lowest BCUT2D eigenvalue weighted by Gasteiger charge is -2.23. The van der Waals surface area contributed by atoms with Crippen LogP contribution in [0.3, 0.4) is 0 Å². The summed E-state index contributed by atoms with van der Waals surface area (Å²) >= 11 is 4.67. The van der Waals surface area contributed by atoms with Crippen molar-refractivity contribution in [2.45, 2.75) is 13.0 Å². The fourth-order valence-electron chi connectivity index (χ4n) is 0.363. The summed E-state index contributed by atoms with van der Waals surface area (Å²) in [5, 5.41) is 10.00. The first-order valence-electron chi connectivity index (χ1n) is 2.78. The maximum Gasteiger partial charge on any atom is 0.197 e. The monoisotopic (exact) mass is 164 g/mol. The van der Waals surface area contributed by atoms with E-state index in [1.54, 1.807) is 6.92 Å². The summed E-state index contributed by atoms with van der Waals surface area (Å²) in [4.78, 5) is 0. The second-order valence-corrected chi connectivity index (χ2v) is 2.28. The van der Waals surface area contributed by atoms with Gasteiger partial charge in [0.1, 0.15) is 0 Å². The van der Waals surface area contributed by atoms with Crippen LogP contribution in [0.4, 0.5) is 0 Å². The molecule has 6 heteroatoms. The van der Waals surface area contributed by atoms with E-state index in [4.69, 9.17) is 16.8 Å². The van der Waals surface area contributed by atoms with Gasteiger partial charge in [0, 0.05) is 0 Å². The number of hydrazine groups is 2. The van der Waals surface area contributed by atoms with Crippen molar-refractivity contribution in [1.82, 2.24) is 10.4 Å². The van der Waals surface area contributed by atoms with E-state index in [1.165, 1.54) is 5.01 Å². The zero-order valence-electron chi connectivity index (χ0n) is 5.74. The van der Waals surface area contributed by atoms with Crippen molar-refractivity contribution in [3.63, 3.8) is 0 Å². The van der Waals surface area contributed by atoms with Crippen LogP contribution in [0.5, 0.6) is 0 Å². The molecule has 60 valence electrons. The molecule has 0 heterocycles. The highest BCUT2D eigenvalue weighted by Crippen LogP contribution is 1.89. The van der Waals surface area contributed by atoms with Gasteiger partial charge in [-0.05, 0) is 19.1 Å². The Balaban J connectivity index is 3.81. The molecule has 0 spiro atoms. The standard InChI is InChI=1S/C4H12N4OS/c1-3(2-9)8(6)4(10)7-5/h3,9H,2,5-6H2,1H3,(H,7,10). The van der Waals surface area contributed by atoms with Crippen molar-refractivity contribution in [3.8, 4) is 0 Å². The smallest absolute Gasteiger partial charge is 0.197 e. The Morgan fingerprint density at radius 3 is 2.70 bits per heavy atom. The average Bonchev–Trinajstić information content (AvgIpc) is 2.00. The molecular weight excluding hydrogens is 152 g/mol. The van der Waals surface area contributed by atoms with E-state index in [0.717, 1.165) is 0 Å². The number of nitrogens with two attached hydrogens (primary N) is 2. The van der Waals surface area contributed by atoms with Crippen LogP contribution >= 0.6 is 12.2 Å². The van der Waals surface area contributed by atoms with Crippen LogP contribution in [0.1, 0.15) is 6.92 Å². The summed E-state index contributed by atoms with van der Waals surface area (Å²) in [5.41, 5.74) is 2.20. The summed E-state index contributed by atoms with van der Waals surface area (Å²) in [6.07, 6.45) is 0. The maximum absolute atomic E-state index is 8.60. The first kappa shape index (κ1) is 9.57. The number of aliphatic hydroxyl groups is 1. The fraction of sp³-hybridized carbons (Fsp3) is 0.750. The molecule has 1 unspecified atom stereocenters. The fourth-order valence-corrected chi connectivity index (χ4v) is 0.543. The van der Waals surface area contributed by atoms with E-state index >= 15 is 0 Å². The molecule has 0 saturated heterocycles. The van der Waals surface area contributed by atoms with E-state index in [1.807, 2.05) is 0 Å². The highest BCUT2D eigenvalue weighted by molar-refractivity contribution is 7.80. The van der Waals surface area contributed by atoms with Crippen LogP contribution < -0.4 is 17.1 Å². The van der Waals surface area contributed by atoms with Crippen LogP contribution in [-0.2, 0) is 0 Å². The van der Waals surface area contributed by atoms with Gasteiger partial charge < -0.3 is 5.11 Å². The molecule has 0 aliphatic heterocycles. The molecule has 0 aliphatic carbocycles. The van der Waals surface area contributed by atoms with Crippen LogP contribution in [0.2, 0.25) is 0 Å². The van der Waals surface area contributed by atoms with Crippen molar-refractivity contribution in [2.75, 3.05) is 6.61 Å². The minimum absolute atomic E-state index is 0.0572. The maximum atomic E-state index is 8.60. The van der Waals surface area contributed by atoms with Crippen molar-refractivity contribution >= 4 is 17.3 Å². The topological polar surface area (TPSA) is 87.5 Å². The number of nitrogens with one attached hydrogen (secondary N) is 1. The molecule has 1 atom stereocenters. The molecule has 0 aromatic heterocycles. The SMILES string of the molecule is CC(CO)N(N)C(=S)NN. The molecule has 10 heavy (non-hydrogen) atoms. The number of thiocarbonyl (C=S) groups is 1. The molecule has 0 aliphatic rings. The second kappa shape index (κ2) is 4.40. The second-order valence-electron chi connectivity index (χ2n) is 1.89. The highest BCUT2D eigenvalue weighted by Gasteiger charge is 2.09. The van der Waals surface area contributed by atoms with Crippen molar-refractivity contribution in [3.05, 3.63) is 0 Å².